The average Bonchev–Trinajstić information content (AvgIpc) is 2.93. The van der Waals surface area contributed by atoms with E-state index in [1.54, 1.807) is 4.90 Å². The van der Waals surface area contributed by atoms with E-state index in [0.29, 0.717) is 6.54 Å². The largest absolute Gasteiger partial charge is 0.306 e. The third kappa shape index (κ3) is 3.59. The fraction of sp³-hybridized carbons (Fsp3) is 0.409. The van der Waals surface area contributed by atoms with Crippen LogP contribution < -0.4 is 4.90 Å². The molecule has 2 aliphatic heterocycles. The highest BCUT2D eigenvalue weighted by molar-refractivity contribution is 7.91. The summed E-state index contributed by atoms with van der Waals surface area (Å²) in [5.41, 5.74) is 5.33. The van der Waals surface area contributed by atoms with Crippen molar-refractivity contribution in [3.8, 4) is 0 Å². The molecule has 0 radical (unpaired) electrons. The monoisotopic (exact) mass is 398 g/mol. The number of aryl methyl sites for hydroxylation is 3. The molecule has 0 aliphatic carbocycles. The number of rotatable bonds is 3. The van der Waals surface area contributed by atoms with Crippen LogP contribution in [0.25, 0.3) is 0 Å². The van der Waals surface area contributed by atoms with Gasteiger partial charge in [0.05, 0.1) is 24.1 Å². The van der Waals surface area contributed by atoms with Crippen molar-refractivity contribution in [1.82, 2.24) is 4.90 Å². The van der Waals surface area contributed by atoms with Crippen molar-refractivity contribution in [2.45, 2.75) is 39.4 Å². The first-order chi connectivity index (χ1) is 13.2. The molecule has 2 heterocycles. The highest BCUT2D eigenvalue weighted by Gasteiger charge is 2.49. The topological polar surface area (TPSA) is 57.7 Å². The standard InChI is InChI=1S/C22H26N2O3S/c1-15-5-4-6-18(9-15)11-23-12-22(25)24(19-8-7-16(2)17(3)10-19)21-14-28(26,27)13-20(21)23/h4-10,20-21H,11-14H2,1-3H3. The first-order valence-corrected chi connectivity index (χ1v) is 11.4. The van der Waals surface area contributed by atoms with Crippen molar-refractivity contribution in [3.05, 3.63) is 64.7 Å². The van der Waals surface area contributed by atoms with Crippen LogP contribution in [0.5, 0.6) is 0 Å². The number of benzene rings is 2. The molecule has 5 nitrogen and oxygen atoms in total. The summed E-state index contributed by atoms with van der Waals surface area (Å²) in [7, 11) is -3.18. The normalized spacial score (nSPS) is 24.4. The second-order valence-electron chi connectivity index (χ2n) is 8.14. The molecule has 0 spiro atoms. The third-order valence-electron chi connectivity index (χ3n) is 5.94. The Bertz CT molecular complexity index is 1030. The lowest BCUT2D eigenvalue weighted by molar-refractivity contribution is -0.123. The Hall–Kier alpha value is -2.18. The fourth-order valence-electron chi connectivity index (χ4n) is 4.39. The number of carbonyl (C=O) groups is 1. The highest BCUT2D eigenvalue weighted by atomic mass is 32.2. The van der Waals surface area contributed by atoms with Gasteiger partial charge >= 0.3 is 0 Å². The van der Waals surface area contributed by atoms with Gasteiger partial charge in [-0.05, 0) is 49.6 Å². The molecule has 0 saturated carbocycles. The van der Waals surface area contributed by atoms with E-state index >= 15 is 0 Å². The molecule has 2 aromatic carbocycles. The minimum atomic E-state index is -3.18. The van der Waals surface area contributed by atoms with Crippen molar-refractivity contribution in [2.24, 2.45) is 0 Å². The molecule has 2 unspecified atom stereocenters. The van der Waals surface area contributed by atoms with E-state index in [2.05, 4.69) is 6.07 Å². The van der Waals surface area contributed by atoms with Crippen molar-refractivity contribution < 1.29 is 13.2 Å². The molecule has 2 saturated heterocycles. The molecule has 0 aromatic heterocycles. The summed E-state index contributed by atoms with van der Waals surface area (Å²) in [5, 5.41) is 0. The van der Waals surface area contributed by atoms with Crippen LogP contribution in [0.1, 0.15) is 22.3 Å². The number of carbonyl (C=O) groups excluding carboxylic acids is 1. The zero-order chi connectivity index (χ0) is 20.1. The Morgan fingerprint density at radius 1 is 0.964 bits per heavy atom. The average molecular weight is 399 g/mol. The number of hydrogen-bond donors (Lipinski definition) is 0. The smallest absolute Gasteiger partial charge is 0.241 e. The van der Waals surface area contributed by atoms with Crippen LogP contribution in [0.15, 0.2) is 42.5 Å². The highest BCUT2D eigenvalue weighted by Crippen LogP contribution is 2.33. The van der Waals surface area contributed by atoms with E-state index in [9.17, 15) is 13.2 Å². The van der Waals surface area contributed by atoms with E-state index in [0.717, 1.165) is 27.9 Å². The van der Waals surface area contributed by atoms with Crippen LogP contribution in [-0.4, -0.2) is 49.4 Å². The molecule has 0 N–H and O–H groups in total. The maximum atomic E-state index is 13.1. The van der Waals surface area contributed by atoms with E-state index in [-0.39, 0.29) is 36.0 Å². The predicted molar refractivity (Wildman–Crippen MR) is 111 cm³/mol. The number of sulfone groups is 1. The van der Waals surface area contributed by atoms with Gasteiger partial charge < -0.3 is 4.90 Å². The quantitative estimate of drug-likeness (QED) is 0.798. The maximum absolute atomic E-state index is 13.1. The van der Waals surface area contributed by atoms with E-state index in [4.69, 9.17) is 0 Å². The molecule has 4 rings (SSSR count). The van der Waals surface area contributed by atoms with Gasteiger partial charge in [0.25, 0.3) is 0 Å². The van der Waals surface area contributed by atoms with Gasteiger partial charge in [0, 0.05) is 18.3 Å². The van der Waals surface area contributed by atoms with Crippen LogP contribution in [0, 0.1) is 20.8 Å². The molecular weight excluding hydrogens is 372 g/mol. The molecule has 2 atom stereocenters. The number of piperazine rings is 1. The summed E-state index contributed by atoms with van der Waals surface area (Å²) < 4.78 is 25.0. The molecule has 2 aliphatic rings. The van der Waals surface area contributed by atoms with Crippen LogP contribution in [0.4, 0.5) is 5.69 Å². The number of hydrogen-bond acceptors (Lipinski definition) is 4. The number of amides is 1. The second kappa shape index (κ2) is 7.01. The van der Waals surface area contributed by atoms with Crippen molar-refractivity contribution >= 4 is 21.4 Å². The zero-order valence-corrected chi connectivity index (χ0v) is 17.4. The Morgan fingerprint density at radius 3 is 2.43 bits per heavy atom. The lowest BCUT2D eigenvalue weighted by Crippen LogP contribution is -2.61. The van der Waals surface area contributed by atoms with Gasteiger partial charge in [0.15, 0.2) is 9.84 Å². The Morgan fingerprint density at radius 2 is 1.71 bits per heavy atom. The fourth-order valence-corrected chi connectivity index (χ4v) is 6.37. The minimum Gasteiger partial charge on any atom is -0.306 e. The number of anilines is 1. The molecule has 0 bridgehead atoms. The lowest BCUT2D eigenvalue weighted by Gasteiger charge is -2.43. The molecule has 2 aromatic rings. The maximum Gasteiger partial charge on any atom is 0.241 e. The summed E-state index contributed by atoms with van der Waals surface area (Å²) in [6.07, 6.45) is 0. The summed E-state index contributed by atoms with van der Waals surface area (Å²) in [6.45, 7) is 6.90. The summed E-state index contributed by atoms with van der Waals surface area (Å²) in [6, 6.07) is 13.6. The number of fused-ring (bicyclic) bond motifs is 1. The second-order valence-corrected chi connectivity index (χ2v) is 10.3. The van der Waals surface area contributed by atoms with Crippen molar-refractivity contribution in [1.29, 1.82) is 0 Å². The van der Waals surface area contributed by atoms with Gasteiger partial charge in [-0.2, -0.15) is 0 Å². The number of nitrogens with zero attached hydrogens (tertiary/aromatic N) is 2. The van der Waals surface area contributed by atoms with E-state index in [1.165, 1.54) is 0 Å². The Kier molecular flexibility index (Phi) is 4.79. The molecule has 6 heteroatoms. The molecule has 1 amide bonds. The molecule has 2 fully saturated rings. The SMILES string of the molecule is Cc1cccc(CN2CC(=O)N(c3ccc(C)c(C)c3)C3CS(=O)(=O)CC32)c1. The van der Waals surface area contributed by atoms with E-state index < -0.39 is 9.84 Å². The van der Waals surface area contributed by atoms with Crippen molar-refractivity contribution in [3.63, 3.8) is 0 Å². The summed E-state index contributed by atoms with van der Waals surface area (Å²) in [5.74, 6) is 0.105. The Labute approximate surface area is 166 Å². The summed E-state index contributed by atoms with van der Waals surface area (Å²) >= 11 is 0. The first-order valence-electron chi connectivity index (χ1n) is 9.63. The lowest BCUT2D eigenvalue weighted by atomic mass is 10.0. The van der Waals surface area contributed by atoms with Crippen LogP contribution in [0.3, 0.4) is 0 Å². The summed E-state index contributed by atoms with van der Waals surface area (Å²) in [4.78, 5) is 16.9. The van der Waals surface area contributed by atoms with Gasteiger partial charge in [0.2, 0.25) is 5.91 Å². The first kappa shape index (κ1) is 19.2. The zero-order valence-electron chi connectivity index (χ0n) is 16.6. The van der Waals surface area contributed by atoms with Crippen LogP contribution >= 0.6 is 0 Å². The van der Waals surface area contributed by atoms with Crippen molar-refractivity contribution in [2.75, 3.05) is 23.0 Å². The third-order valence-corrected chi connectivity index (χ3v) is 7.64. The molecule has 28 heavy (non-hydrogen) atoms. The molecule has 148 valence electrons. The van der Waals surface area contributed by atoms with Gasteiger partial charge in [-0.25, -0.2) is 8.42 Å². The van der Waals surface area contributed by atoms with Gasteiger partial charge in [-0.1, -0.05) is 35.9 Å². The predicted octanol–water partition coefficient (Wildman–Crippen LogP) is 2.63. The van der Waals surface area contributed by atoms with E-state index in [1.807, 2.05) is 62.1 Å². The van der Waals surface area contributed by atoms with Gasteiger partial charge in [-0.15, -0.1) is 0 Å². The molecular formula is C22H26N2O3S. The minimum absolute atomic E-state index is 0.0284. The Balaban J connectivity index is 1.68. The van der Waals surface area contributed by atoms with Crippen LogP contribution in [0.2, 0.25) is 0 Å². The van der Waals surface area contributed by atoms with Crippen LogP contribution in [-0.2, 0) is 21.2 Å². The van der Waals surface area contributed by atoms with Gasteiger partial charge in [0.1, 0.15) is 0 Å². The van der Waals surface area contributed by atoms with Gasteiger partial charge in [-0.3, -0.25) is 9.69 Å².